The van der Waals surface area contributed by atoms with Crippen LogP contribution in [-0.2, 0) is 4.79 Å². The summed E-state index contributed by atoms with van der Waals surface area (Å²) in [6.07, 6.45) is 7.40. The second-order valence-electron chi connectivity index (χ2n) is 3.85. The molecule has 0 bridgehead atoms. The first kappa shape index (κ1) is 11.2. The lowest BCUT2D eigenvalue weighted by molar-refractivity contribution is -0.121. The lowest BCUT2D eigenvalue weighted by Gasteiger charge is -2.18. The Morgan fingerprint density at radius 3 is 3.08 bits per heavy atom. The molecule has 13 heavy (non-hydrogen) atoms. The van der Waals surface area contributed by atoms with Crippen LogP contribution in [0.5, 0.6) is 0 Å². The first-order valence-corrected chi connectivity index (χ1v) is 6.50. The van der Waals surface area contributed by atoms with Gasteiger partial charge in [0, 0.05) is 17.3 Å². The highest BCUT2D eigenvalue weighted by molar-refractivity contribution is 14.1. The summed E-state index contributed by atoms with van der Waals surface area (Å²) in [5, 5.41) is 0. The Morgan fingerprint density at radius 2 is 2.46 bits per heavy atom. The van der Waals surface area contributed by atoms with E-state index < -0.39 is 0 Å². The van der Waals surface area contributed by atoms with Gasteiger partial charge in [0.1, 0.15) is 5.78 Å². The van der Waals surface area contributed by atoms with E-state index in [1.54, 1.807) is 0 Å². The molecule has 0 aromatic rings. The Morgan fingerprint density at radius 1 is 1.69 bits per heavy atom. The standard InChI is InChI=1S/C11H17IO/c1-9(5-6-12)7-10-3-2-4-11(13)8-10/h7,10H,2-6,8H2,1H3/b9-7+. The van der Waals surface area contributed by atoms with Crippen LogP contribution < -0.4 is 0 Å². The first-order chi connectivity index (χ1) is 6.22. The summed E-state index contributed by atoms with van der Waals surface area (Å²) in [6.45, 7) is 2.18. The SMILES string of the molecule is C/C(=C\C1CCCC(=O)C1)CCI. The summed E-state index contributed by atoms with van der Waals surface area (Å²) < 4.78 is 1.18. The van der Waals surface area contributed by atoms with Crippen molar-refractivity contribution < 1.29 is 4.79 Å². The topological polar surface area (TPSA) is 17.1 Å². The molecule has 1 saturated carbocycles. The van der Waals surface area contributed by atoms with E-state index in [0.717, 1.165) is 19.3 Å². The van der Waals surface area contributed by atoms with Crippen molar-refractivity contribution in [1.82, 2.24) is 0 Å². The van der Waals surface area contributed by atoms with Gasteiger partial charge in [0.15, 0.2) is 0 Å². The quantitative estimate of drug-likeness (QED) is 0.442. The molecule has 1 atom stereocenters. The molecule has 0 spiro atoms. The Balaban J connectivity index is 2.42. The molecule has 0 heterocycles. The molecule has 0 amide bonds. The van der Waals surface area contributed by atoms with E-state index in [2.05, 4.69) is 35.6 Å². The molecule has 1 rings (SSSR count). The van der Waals surface area contributed by atoms with Gasteiger partial charge in [0.25, 0.3) is 0 Å². The highest BCUT2D eigenvalue weighted by Crippen LogP contribution is 2.24. The van der Waals surface area contributed by atoms with Crippen LogP contribution >= 0.6 is 22.6 Å². The molecule has 1 nitrogen and oxygen atoms in total. The van der Waals surface area contributed by atoms with Gasteiger partial charge in [-0.15, -0.1) is 0 Å². The Hall–Kier alpha value is 0.140. The molecule has 0 aliphatic heterocycles. The molecule has 2 heteroatoms. The van der Waals surface area contributed by atoms with Crippen molar-refractivity contribution in [1.29, 1.82) is 0 Å². The largest absolute Gasteiger partial charge is 0.300 e. The predicted octanol–water partition coefficient (Wildman–Crippen LogP) is 3.52. The lowest BCUT2D eigenvalue weighted by Crippen LogP contribution is -2.13. The van der Waals surface area contributed by atoms with E-state index in [-0.39, 0.29) is 0 Å². The number of Topliss-reactive ketones (excluding diaryl/α,β-unsaturated/α-hetero) is 1. The number of ketones is 1. The summed E-state index contributed by atoms with van der Waals surface area (Å²) in [5.41, 5.74) is 1.45. The predicted molar refractivity (Wildman–Crippen MR) is 64.2 cm³/mol. The van der Waals surface area contributed by atoms with Crippen molar-refractivity contribution in [3.63, 3.8) is 0 Å². The van der Waals surface area contributed by atoms with Crippen LogP contribution in [0.15, 0.2) is 11.6 Å². The summed E-state index contributed by atoms with van der Waals surface area (Å²) in [7, 11) is 0. The maximum Gasteiger partial charge on any atom is 0.133 e. The summed E-state index contributed by atoms with van der Waals surface area (Å²) in [5.74, 6) is 0.999. The van der Waals surface area contributed by atoms with Crippen molar-refractivity contribution in [2.45, 2.75) is 39.0 Å². The van der Waals surface area contributed by atoms with Gasteiger partial charge in [-0.1, -0.05) is 34.2 Å². The van der Waals surface area contributed by atoms with Crippen LogP contribution in [0.2, 0.25) is 0 Å². The van der Waals surface area contributed by atoms with Gasteiger partial charge in [0.2, 0.25) is 0 Å². The van der Waals surface area contributed by atoms with Gasteiger partial charge >= 0.3 is 0 Å². The maximum atomic E-state index is 11.2. The van der Waals surface area contributed by atoms with E-state index in [1.165, 1.54) is 22.8 Å². The number of alkyl halides is 1. The van der Waals surface area contributed by atoms with Crippen LogP contribution in [0, 0.1) is 5.92 Å². The van der Waals surface area contributed by atoms with Gasteiger partial charge in [-0.25, -0.2) is 0 Å². The van der Waals surface area contributed by atoms with Gasteiger partial charge in [-0.3, -0.25) is 4.79 Å². The highest BCUT2D eigenvalue weighted by atomic mass is 127. The summed E-state index contributed by atoms with van der Waals surface area (Å²) in [6, 6.07) is 0. The van der Waals surface area contributed by atoms with Crippen LogP contribution in [0.25, 0.3) is 0 Å². The fourth-order valence-corrected chi connectivity index (χ4v) is 2.69. The van der Waals surface area contributed by atoms with E-state index in [4.69, 9.17) is 0 Å². The normalized spacial score (nSPS) is 24.9. The zero-order valence-corrected chi connectivity index (χ0v) is 10.3. The zero-order valence-electron chi connectivity index (χ0n) is 8.18. The minimum absolute atomic E-state index is 0.453. The van der Waals surface area contributed by atoms with Crippen molar-refractivity contribution in [3.8, 4) is 0 Å². The molecular weight excluding hydrogens is 275 g/mol. The van der Waals surface area contributed by atoms with Crippen LogP contribution in [0.4, 0.5) is 0 Å². The van der Waals surface area contributed by atoms with Gasteiger partial charge in [-0.2, -0.15) is 0 Å². The highest BCUT2D eigenvalue weighted by Gasteiger charge is 2.17. The number of carbonyl (C=O) groups excluding carboxylic acids is 1. The molecule has 0 radical (unpaired) electrons. The molecule has 0 aromatic carbocycles. The van der Waals surface area contributed by atoms with Gasteiger partial charge < -0.3 is 0 Å². The first-order valence-electron chi connectivity index (χ1n) is 4.97. The number of rotatable bonds is 3. The molecule has 74 valence electrons. The third-order valence-electron chi connectivity index (χ3n) is 2.53. The number of hydrogen-bond donors (Lipinski definition) is 0. The third-order valence-corrected chi connectivity index (χ3v) is 3.07. The summed E-state index contributed by atoms with van der Waals surface area (Å²) >= 11 is 2.39. The minimum Gasteiger partial charge on any atom is -0.300 e. The molecule has 1 unspecified atom stereocenters. The van der Waals surface area contributed by atoms with Crippen molar-refractivity contribution in [3.05, 3.63) is 11.6 Å². The fraction of sp³-hybridized carbons (Fsp3) is 0.727. The third kappa shape index (κ3) is 4.25. The van der Waals surface area contributed by atoms with E-state index in [9.17, 15) is 4.79 Å². The monoisotopic (exact) mass is 292 g/mol. The van der Waals surface area contributed by atoms with E-state index >= 15 is 0 Å². The summed E-state index contributed by atoms with van der Waals surface area (Å²) in [4.78, 5) is 11.2. The molecule has 0 saturated heterocycles. The number of hydrogen-bond acceptors (Lipinski definition) is 1. The molecule has 1 aliphatic rings. The molecular formula is C11H17IO. The van der Waals surface area contributed by atoms with Gasteiger partial charge in [-0.05, 0) is 32.1 Å². The van der Waals surface area contributed by atoms with Crippen LogP contribution in [-0.4, -0.2) is 10.2 Å². The van der Waals surface area contributed by atoms with E-state index in [1.807, 2.05) is 0 Å². The second-order valence-corrected chi connectivity index (χ2v) is 4.93. The van der Waals surface area contributed by atoms with Crippen molar-refractivity contribution in [2.75, 3.05) is 4.43 Å². The van der Waals surface area contributed by atoms with Crippen LogP contribution in [0.1, 0.15) is 39.0 Å². The molecule has 0 aromatic heterocycles. The van der Waals surface area contributed by atoms with Gasteiger partial charge in [0.05, 0.1) is 0 Å². The van der Waals surface area contributed by atoms with Crippen molar-refractivity contribution >= 4 is 28.4 Å². The molecule has 0 N–H and O–H groups in total. The lowest BCUT2D eigenvalue weighted by atomic mass is 9.87. The smallest absolute Gasteiger partial charge is 0.133 e. The zero-order chi connectivity index (χ0) is 9.68. The molecule has 1 aliphatic carbocycles. The molecule has 1 fully saturated rings. The Labute approximate surface area is 94.1 Å². The maximum absolute atomic E-state index is 11.2. The van der Waals surface area contributed by atoms with Crippen molar-refractivity contribution in [2.24, 2.45) is 5.92 Å². The number of halogens is 1. The second kappa shape index (κ2) is 5.78. The fourth-order valence-electron chi connectivity index (χ4n) is 1.83. The van der Waals surface area contributed by atoms with Crippen LogP contribution in [0.3, 0.4) is 0 Å². The average molecular weight is 292 g/mol. The Kier molecular flexibility index (Phi) is 4.99. The minimum atomic E-state index is 0.453. The Bertz CT molecular complexity index is 208. The number of carbonyl (C=O) groups is 1. The van der Waals surface area contributed by atoms with E-state index in [0.29, 0.717) is 11.7 Å². The average Bonchev–Trinajstić information content (AvgIpc) is 2.04. The number of allylic oxidation sites excluding steroid dienone is 2.